The molecule has 0 unspecified atom stereocenters. The fourth-order valence-corrected chi connectivity index (χ4v) is 3.69. The number of amides is 1. The lowest BCUT2D eigenvalue weighted by molar-refractivity contribution is -0.118. The van der Waals surface area contributed by atoms with E-state index in [9.17, 15) is 9.59 Å². The normalized spacial score (nSPS) is 18.0. The predicted octanol–water partition coefficient (Wildman–Crippen LogP) is 1.09. The molecular weight excluding hydrogens is 437 g/mol. The van der Waals surface area contributed by atoms with Gasteiger partial charge < -0.3 is 14.0 Å². The van der Waals surface area contributed by atoms with Crippen LogP contribution >= 0.6 is 22.6 Å². The van der Waals surface area contributed by atoms with Gasteiger partial charge in [-0.1, -0.05) is 30.3 Å². The molecule has 2 aromatic rings. The van der Waals surface area contributed by atoms with Gasteiger partial charge in [0.15, 0.2) is 11.4 Å². The van der Waals surface area contributed by atoms with Crippen molar-refractivity contribution in [2.24, 2.45) is 5.84 Å². The Hall–Kier alpha value is -1.91. The summed E-state index contributed by atoms with van der Waals surface area (Å²) in [6, 6.07) is 9.49. The first kappa shape index (κ1) is 16.6. The Labute approximate surface area is 157 Å². The fourth-order valence-electron chi connectivity index (χ4n) is 3.17. The Kier molecular flexibility index (Phi) is 4.05. The molecule has 1 aromatic heterocycles. The smallest absolute Gasteiger partial charge is 0.288 e. The molecule has 1 saturated heterocycles. The van der Waals surface area contributed by atoms with Crippen molar-refractivity contribution in [1.82, 2.24) is 9.58 Å². The second-order valence-electron chi connectivity index (χ2n) is 6.28. The van der Waals surface area contributed by atoms with Crippen LogP contribution in [-0.2, 0) is 16.9 Å². The second-order valence-corrected chi connectivity index (χ2v) is 7.44. The number of carbonyl (C=O) groups excluding carboxylic acids is 1. The van der Waals surface area contributed by atoms with Crippen LogP contribution in [0.3, 0.4) is 0 Å². The number of ether oxygens (including phenoxy) is 2. The molecule has 1 spiro atoms. The van der Waals surface area contributed by atoms with Crippen molar-refractivity contribution in [2.75, 3.05) is 19.8 Å². The van der Waals surface area contributed by atoms with E-state index >= 15 is 0 Å². The quantitative estimate of drug-likeness (QED) is 0.427. The topological polar surface area (TPSA) is 86.8 Å². The van der Waals surface area contributed by atoms with Gasteiger partial charge in [-0.05, 0) is 28.2 Å². The van der Waals surface area contributed by atoms with Crippen molar-refractivity contribution in [3.05, 3.63) is 61.6 Å². The van der Waals surface area contributed by atoms with Crippen LogP contribution in [0.25, 0.3) is 0 Å². The van der Waals surface area contributed by atoms with E-state index in [1.165, 1.54) is 0 Å². The summed E-state index contributed by atoms with van der Waals surface area (Å²) >= 11 is 1.97. The van der Waals surface area contributed by atoms with Crippen molar-refractivity contribution in [2.45, 2.75) is 12.1 Å². The number of aromatic nitrogens is 1. The Bertz CT molecular complexity index is 893. The molecule has 3 heterocycles. The summed E-state index contributed by atoms with van der Waals surface area (Å²) < 4.78 is 13.5. The molecular formula is C17H16IN3O4. The van der Waals surface area contributed by atoms with Gasteiger partial charge >= 0.3 is 0 Å². The largest absolute Gasteiger partial charge is 0.483 e. The molecule has 0 radical (unpaired) electrons. The van der Waals surface area contributed by atoms with E-state index in [1.807, 2.05) is 57.5 Å². The number of nitrogens with zero attached hydrogens (tertiary/aromatic N) is 2. The number of nitrogens with two attached hydrogens (primary N) is 1. The SMILES string of the molecule is NN1CC2(COC2)n2cc(I)c(=O)c(OCc3ccccc3)c2C1=O. The van der Waals surface area contributed by atoms with Gasteiger partial charge in [0, 0.05) is 6.20 Å². The average molecular weight is 453 g/mol. The number of carbonyl (C=O) groups is 1. The minimum absolute atomic E-state index is 0.0437. The lowest BCUT2D eigenvalue weighted by Gasteiger charge is -2.49. The molecule has 130 valence electrons. The van der Waals surface area contributed by atoms with Crippen LogP contribution in [0.1, 0.15) is 16.1 Å². The van der Waals surface area contributed by atoms with E-state index < -0.39 is 11.4 Å². The summed E-state index contributed by atoms with van der Waals surface area (Å²) in [6.45, 7) is 1.43. The summed E-state index contributed by atoms with van der Waals surface area (Å²) in [5.74, 6) is 5.52. The van der Waals surface area contributed by atoms with Crippen LogP contribution in [-0.4, -0.2) is 35.2 Å². The van der Waals surface area contributed by atoms with E-state index in [2.05, 4.69) is 0 Å². The summed E-state index contributed by atoms with van der Waals surface area (Å²) in [4.78, 5) is 25.3. The van der Waals surface area contributed by atoms with Gasteiger partial charge in [0.2, 0.25) is 5.43 Å². The molecule has 4 rings (SSSR count). The lowest BCUT2D eigenvalue weighted by Crippen LogP contribution is -2.65. The minimum atomic E-state index is -0.434. The Morgan fingerprint density at radius 2 is 1.96 bits per heavy atom. The van der Waals surface area contributed by atoms with Crippen LogP contribution in [0.4, 0.5) is 0 Å². The highest BCUT2D eigenvalue weighted by Crippen LogP contribution is 2.35. The third kappa shape index (κ3) is 2.64. The lowest BCUT2D eigenvalue weighted by atomic mass is 9.93. The van der Waals surface area contributed by atoms with Gasteiger partial charge in [0.1, 0.15) is 12.1 Å². The summed E-state index contributed by atoms with van der Waals surface area (Å²) in [6.07, 6.45) is 1.70. The molecule has 2 aliphatic rings. The molecule has 0 atom stereocenters. The van der Waals surface area contributed by atoms with Crippen LogP contribution in [0.5, 0.6) is 5.75 Å². The van der Waals surface area contributed by atoms with Crippen LogP contribution < -0.4 is 16.0 Å². The second kappa shape index (κ2) is 6.11. The number of pyridine rings is 1. The van der Waals surface area contributed by atoms with E-state index in [4.69, 9.17) is 15.3 Å². The van der Waals surface area contributed by atoms with Gasteiger partial charge in [-0.15, -0.1) is 0 Å². The highest BCUT2D eigenvalue weighted by molar-refractivity contribution is 14.1. The first-order valence-corrected chi connectivity index (χ1v) is 8.86. The highest BCUT2D eigenvalue weighted by atomic mass is 127. The van der Waals surface area contributed by atoms with Crippen LogP contribution in [0.2, 0.25) is 0 Å². The number of benzene rings is 1. The van der Waals surface area contributed by atoms with Gasteiger partial charge in [0.05, 0.1) is 23.3 Å². The molecule has 2 aliphatic heterocycles. The molecule has 2 N–H and O–H groups in total. The molecule has 25 heavy (non-hydrogen) atoms. The Morgan fingerprint density at radius 3 is 2.60 bits per heavy atom. The van der Waals surface area contributed by atoms with Gasteiger partial charge in [0.25, 0.3) is 5.91 Å². The zero-order valence-corrected chi connectivity index (χ0v) is 15.4. The summed E-state index contributed by atoms with van der Waals surface area (Å²) in [5.41, 5.74) is 0.366. The summed E-state index contributed by atoms with van der Waals surface area (Å²) in [5, 5.41) is 1.14. The molecule has 0 bridgehead atoms. The van der Waals surface area contributed by atoms with Gasteiger partial charge in [-0.3, -0.25) is 14.6 Å². The molecule has 0 aliphatic carbocycles. The molecule has 7 nitrogen and oxygen atoms in total. The summed E-state index contributed by atoms with van der Waals surface area (Å²) in [7, 11) is 0. The van der Waals surface area contributed by atoms with Crippen LogP contribution in [0, 0.1) is 3.57 Å². The average Bonchev–Trinajstić information content (AvgIpc) is 2.58. The standard InChI is InChI=1S/C17H16IN3O4/c18-12-6-20-13(16(23)21(19)8-17(20)9-24-10-17)15(14(12)22)25-7-11-4-2-1-3-5-11/h1-6H,7-10,19H2. The molecule has 1 amide bonds. The molecule has 1 aromatic carbocycles. The third-order valence-corrected chi connectivity index (χ3v) is 5.30. The first-order valence-electron chi connectivity index (χ1n) is 7.78. The minimum Gasteiger partial charge on any atom is -0.483 e. The Morgan fingerprint density at radius 1 is 1.24 bits per heavy atom. The highest BCUT2D eigenvalue weighted by Gasteiger charge is 2.49. The number of halogens is 1. The van der Waals surface area contributed by atoms with Crippen molar-refractivity contribution < 1.29 is 14.3 Å². The maximum absolute atomic E-state index is 12.7. The number of hydrogen-bond donors (Lipinski definition) is 1. The number of fused-ring (bicyclic) bond motifs is 2. The number of rotatable bonds is 3. The van der Waals surface area contributed by atoms with E-state index in [-0.39, 0.29) is 23.5 Å². The fraction of sp³-hybridized carbons (Fsp3) is 0.294. The van der Waals surface area contributed by atoms with Crippen molar-refractivity contribution in [1.29, 1.82) is 0 Å². The zero-order chi connectivity index (χ0) is 17.6. The number of hydrazine groups is 1. The van der Waals surface area contributed by atoms with E-state index in [1.54, 1.807) is 6.20 Å². The molecule has 1 fully saturated rings. The third-order valence-electron chi connectivity index (χ3n) is 4.53. The Balaban J connectivity index is 1.81. The maximum atomic E-state index is 12.7. The van der Waals surface area contributed by atoms with Crippen molar-refractivity contribution in [3.8, 4) is 5.75 Å². The molecule has 0 saturated carbocycles. The maximum Gasteiger partial charge on any atom is 0.288 e. The monoisotopic (exact) mass is 453 g/mol. The van der Waals surface area contributed by atoms with Crippen molar-refractivity contribution in [3.63, 3.8) is 0 Å². The van der Waals surface area contributed by atoms with Crippen molar-refractivity contribution >= 4 is 28.5 Å². The number of hydrogen-bond acceptors (Lipinski definition) is 5. The first-order chi connectivity index (χ1) is 12.0. The van der Waals surface area contributed by atoms with E-state index in [0.717, 1.165) is 10.6 Å². The molecule has 8 heteroatoms. The predicted molar refractivity (Wildman–Crippen MR) is 98.2 cm³/mol. The van der Waals surface area contributed by atoms with Gasteiger partial charge in [-0.25, -0.2) is 5.84 Å². The van der Waals surface area contributed by atoms with E-state index in [0.29, 0.717) is 23.3 Å². The van der Waals surface area contributed by atoms with Crippen LogP contribution in [0.15, 0.2) is 41.3 Å². The zero-order valence-electron chi connectivity index (χ0n) is 13.3. The van der Waals surface area contributed by atoms with Gasteiger partial charge in [-0.2, -0.15) is 0 Å².